The van der Waals surface area contributed by atoms with Crippen molar-refractivity contribution in [2.45, 2.75) is 25.8 Å². The summed E-state index contributed by atoms with van der Waals surface area (Å²) in [6.45, 7) is 3.29. The fraction of sp³-hybridized carbons (Fsp3) is 0.333. The molecule has 1 aliphatic heterocycles. The van der Waals surface area contributed by atoms with Gasteiger partial charge in [-0.2, -0.15) is 0 Å². The average molecular weight is 393 g/mol. The maximum absolute atomic E-state index is 12.7. The first-order chi connectivity index (χ1) is 14.2. The van der Waals surface area contributed by atoms with Gasteiger partial charge >= 0.3 is 6.09 Å². The van der Waals surface area contributed by atoms with Crippen molar-refractivity contribution < 1.29 is 14.3 Å². The number of carbonyl (C=O) groups is 2. The number of benzene rings is 1. The molecule has 0 spiro atoms. The van der Waals surface area contributed by atoms with Gasteiger partial charge in [0.1, 0.15) is 11.4 Å². The van der Waals surface area contributed by atoms with E-state index in [1.807, 2.05) is 34.7 Å². The maximum atomic E-state index is 12.7. The molecule has 0 bridgehead atoms. The van der Waals surface area contributed by atoms with Gasteiger partial charge in [-0.25, -0.2) is 9.78 Å². The van der Waals surface area contributed by atoms with Crippen LogP contribution >= 0.6 is 0 Å². The third-order valence-electron chi connectivity index (χ3n) is 5.01. The van der Waals surface area contributed by atoms with Crippen molar-refractivity contribution in [1.29, 1.82) is 0 Å². The van der Waals surface area contributed by atoms with Crippen LogP contribution in [0.2, 0.25) is 0 Å². The zero-order valence-electron chi connectivity index (χ0n) is 16.2. The van der Waals surface area contributed by atoms with E-state index < -0.39 is 0 Å². The second-order valence-corrected chi connectivity index (χ2v) is 6.93. The van der Waals surface area contributed by atoms with Crippen LogP contribution in [0.15, 0.2) is 48.9 Å². The van der Waals surface area contributed by atoms with Gasteiger partial charge in [0.05, 0.1) is 6.61 Å². The molecule has 8 nitrogen and oxygen atoms in total. The van der Waals surface area contributed by atoms with Gasteiger partial charge in [-0.05, 0) is 19.8 Å². The third-order valence-corrected chi connectivity index (χ3v) is 5.01. The van der Waals surface area contributed by atoms with Crippen molar-refractivity contribution in [2.24, 2.45) is 0 Å². The summed E-state index contributed by atoms with van der Waals surface area (Å²) >= 11 is 0. The van der Waals surface area contributed by atoms with Crippen molar-refractivity contribution in [3.05, 3.63) is 54.6 Å². The number of likely N-dealkylation sites (tertiary alicyclic amines) is 1. The predicted molar refractivity (Wildman–Crippen MR) is 108 cm³/mol. The smallest absolute Gasteiger partial charge is 0.409 e. The topological polar surface area (TPSA) is 88.8 Å². The molecule has 1 fully saturated rings. The van der Waals surface area contributed by atoms with E-state index in [1.165, 1.54) is 0 Å². The second kappa shape index (κ2) is 8.30. The largest absolute Gasteiger partial charge is 0.450 e. The maximum Gasteiger partial charge on any atom is 0.409 e. The van der Waals surface area contributed by atoms with E-state index in [4.69, 9.17) is 4.74 Å². The number of hydrogen-bond acceptors (Lipinski definition) is 5. The monoisotopic (exact) mass is 393 g/mol. The van der Waals surface area contributed by atoms with Crippen LogP contribution in [0.4, 0.5) is 4.79 Å². The number of piperidine rings is 1. The molecular weight excluding hydrogens is 370 g/mol. The van der Waals surface area contributed by atoms with Gasteiger partial charge in [0.25, 0.3) is 5.91 Å². The van der Waals surface area contributed by atoms with Crippen LogP contribution in [-0.2, 0) is 4.74 Å². The third kappa shape index (κ3) is 4.06. The number of nitrogens with one attached hydrogen (secondary N) is 1. The number of rotatable bonds is 4. The van der Waals surface area contributed by atoms with E-state index in [2.05, 4.69) is 15.3 Å². The van der Waals surface area contributed by atoms with E-state index in [0.717, 1.165) is 11.3 Å². The minimum Gasteiger partial charge on any atom is -0.450 e. The summed E-state index contributed by atoms with van der Waals surface area (Å²) in [5, 5.41) is 3.03. The molecule has 0 aliphatic carbocycles. The second-order valence-electron chi connectivity index (χ2n) is 6.93. The van der Waals surface area contributed by atoms with Gasteiger partial charge < -0.3 is 19.4 Å². The van der Waals surface area contributed by atoms with E-state index in [-0.39, 0.29) is 18.0 Å². The van der Waals surface area contributed by atoms with E-state index in [9.17, 15) is 9.59 Å². The van der Waals surface area contributed by atoms with Crippen LogP contribution < -0.4 is 5.32 Å². The molecule has 3 aromatic rings. The first kappa shape index (κ1) is 18.9. The Labute approximate surface area is 168 Å². The Morgan fingerprint density at radius 3 is 2.69 bits per heavy atom. The SMILES string of the molecule is CCOC(=O)N1CCC(NC(=O)c2cn3ccnc(-c4ccccc4)c3n2)CC1. The van der Waals surface area contributed by atoms with Crippen molar-refractivity contribution in [2.75, 3.05) is 19.7 Å². The summed E-state index contributed by atoms with van der Waals surface area (Å²) in [5.74, 6) is -0.220. The molecule has 3 heterocycles. The number of amides is 2. The first-order valence-corrected chi connectivity index (χ1v) is 9.77. The lowest BCUT2D eigenvalue weighted by Gasteiger charge is -2.31. The normalized spacial score (nSPS) is 14.7. The average Bonchev–Trinajstić information content (AvgIpc) is 3.20. The molecule has 1 aromatic carbocycles. The molecule has 0 saturated carbocycles. The lowest BCUT2D eigenvalue weighted by atomic mass is 10.1. The molecule has 1 N–H and O–H groups in total. The van der Waals surface area contributed by atoms with Gasteiger partial charge in [0.15, 0.2) is 5.65 Å². The molecule has 2 amide bonds. The molecule has 0 atom stereocenters. The van der Waals surface area contributed by atoms with Crippen LogP contribution in [0.3, 0.4) is 0 Å². The van der Waals surface area contributed by atoms with E-state index >= 15 is 0 Å². The highest BCUT2D eigenvalue weighted by molar-refractivity contribution is 5.93. The summed E-state index contributed by atoms with van der Waals surface area (Å²) in [6, 6.07) is 9.77. The highest BCUT2D eigenvalue weighted by Gasteiger charge is 2.25. The van der Waals surface area contributed by atoms with Gasteiger partial charge in [-0.3, -0.25) is 9.78 Å². The summed E-state index contributed by atoms with van der Waals surface area (Å²) in [6.07, 6.45) is 6.28. The Morgan fingerprint density at radius 1 is 1.21 bits per heavy atom. The van der Waals surface area contributed by atoms with E-state index in [1.54, 1.807) is 30.4 Å². The highest BCUT2D eigenvalue weighted by Crippen LogP contribution is 2.21. The molecular formula is C21H23N5O3. The molecule has 8 heteroatoms. The molecule has 0 unspecified atom stereocenters. The summed E-state index contributed by atoms with van der Waals surface area (Å²) in [5.41, 5.74) is 2.67. The van der Waals surface area contributed by atoms with Crippen molar-refractivity contribution in [3.8, 4) is 11.3 Å². The minimum atomic E-state index is -0.293. The van der Waals surface area contributed by atoms with Gasteiger partial charge in [0.2, 0.25) is 0 Å². The molecule has 1 aliphatic rings. The van der Waals surface area contributed by atoms with Gasteiger partial charge in [0, 0.05) is 43.3 Å². The Balaban J connectivity index is 1.45. The number of fused-ring (bicyclic) bond motifs is 1. The Kier molecular flexibility index (Phi) is 5.41. The van der Waals surface area contributed by atoms with Crippen LogP contribution in [0.1, 0.15) is 30.3 Å². The van der Waals surface area contributed by atoms with Crippen LogP contribution in [0.5, 0.6) is 0 Å². The Morgan fingerprint density at radius 2 is 1.97 bits per heavy atom. The highest BCUT2D eigenvalue weighted by atomic mass is 16.6. The molecule has 29 heavy (non-hydrogen) atoms. The van der Waals surface area contributed by atoms with Crippen LogP contribution in [0, 0.1) is 0 Å². The van der Waals surface area contributed by atoms with Gasteiger partial charge in [-0.15, -0.1) is 0 Å². The number of hydrogen-bond donors (Lipinski definition) is 1. The Bertz CT molecular complexity index is 1010. The van der Waals surface area contributed by atoms with E-state index in [0.29, 0.717) is 43.9 Å². The summed E-state index contributed by atoms with van der Waals surface area (Å²) in [7, 11) is 0. The Hall–Kier alpha value is -3.42. The predicted octanol–water partition coefficient (Wildman–Crippen LogP) is 2.75. The van der Waals surface area contributed by atoms with Crippen molar-refractivity contribution >= 4 is 17.6 Å². The molecule has 2 aromatic heterocycles. The zero-order chi connectivity index (χ0) is 20.2. The molecule has 0 radical (unpaired) electrons. The summed E-state index contributed by atoms with van der Waals surface area (Å²) < 4.78 is 6.84. The number of ether oxygens (including phenoxy) is 1. The van der Waals surface area contributed by atoms with Crippen LogP contribution in [-0.4, -0.2) is 57.0 Å². The summed E-state index contributed by atoms with van der Waals surface area (Å²) in [4.78, 5) is 35.2. The minimum absolute atomic E-state index is 0.00436. The van der Waals surface area contributed by atoms with Crippen molar-refractivity contribution in [1.82, 2.24) is 24.6 Å². The van der Waals surface area contributed by atoms with Crippen LogP contribution in [0.25, 0.3) is 16.9 Å². The first-order valence-electron chi connectivity index (χ1n) is 9.77. The number of nitrogens with zero attached hydrogens (tertiary/aromatic N) is 4. The number of imidazole rings is 1. The number of aromatic nitrogens is 3. The lowest BCUT2D eigenvalue weighted by molar-refractivity contribution is 0.0857. The molecule has 150 valence electrons. The standard InChI is InChI=1S/C21H23N5O3/c1-2-29-21(28)25-11-8-16(9-12-25)23-20(27)17-14-26-13-10-22-18(19(26)24-17)15-6-4-3-5-7-15/h3-7,10,13-14,16H,2,8-9,11-12H2,1H3,(H,23,27). The quantitative estimate of drug-likeness (QED) is 0.736. The molecule has 1 saturated heterocycles. The van der Waals surface area contributed by atoms with Crippen molar-refractivity contribution in [3.63, 3.8) is 0 Å². The number of carbonyl (C=O) groups excluding carboxylic acids is 2. The lowest BCUT2D eigenvalue weighted by Crippen LogP contribution is -2.46. The fourth-order valence-electron chi connectivity index (χ4n) is 3.51. The van der Waals surface area contributed by atoms with Gasteiger partial charge in [-0.1, -0.05) is 30.3 Å². The zero-order valence-corrected chi connectivity index (χ0v) is 16.2. The molecule has 4 rings (SSSR count). The fourth-order valence-corrected chi connectivity index (χ4v) is 3.51.